The molecule has 0 fully saturated rings. The summed E-state index contributed by atoms with van der Waals surface area (Å²) in [5, 5.41) is 15.8. The van der Waals surface area contributed by atoms with Crippen LogP contribution < -0.4 is 19.5 Å². The van der Waals surface area contributed by atoms with Crippen molar-refractivity contribution >= 4 is 22.4 Å². The first-order valence-electron chi connectivity index (χ1n) is 8.90. The lowest BCUT2D eigenvalue weighted by Gasteiger charge is -2.10. The summed E-state index contributed by atoms with van der Waals surface area (Å²) in [4.78, 5) is 22.2. The van der Waals surface area contributed by atoms with Gasteiger partial charge in [0, 0.05) is 12.1 Å². The molecule has 0 saturated heterocycles. The molecule has 0 bridgehead atoms. The Bertz CT molecular complexity index is 1020. The Balaban J connectivity index is 1.42. The molecule has 1 N–H and O–H groups in total. The zero-order valence-electron chi connectivity index (χ0n) is 15.8. The molecule has 3 aromatic carbocycles. The predicted octanol–water partition coefficient (Wildman–Crippen LogP) is 3.33. The van der Waals surface area contributed by atoms with Gasteiger partial charge in [0.15, 0.2) is 6.61 Å². The molecule has 0 unspecified atom stereocenters. The molecule has 0 heterocycles. The number of amides is 1. The van der Waals surface area contributed by atoms with E-state index < -0.39 is 4.92 Å². The summed E-state index contributed by atoms with van der Waals surface area (Å²) in [6.45, 7) is 0.408. The molecular weight excluding hydrogens is 376 g/mol. The van der Waals surface area contributed by atoms with Crippen LogP contribution >= 0.6 is 0 Å². The molecule has 8 nitrogen and oxygen atoms in total. The average Bonchev–Trinajstić information content (AvgIpc) is 2.74. The van der Waals surface area contributed by atoms with Crippen molar-refractivity contribution in [1.82, 2.24) is 5.32 Å². The van der Waals surface area contributed by atoms with E-state index in [-0.39, 0.29) is 24.0 Å². The molecule has 8 heteroatoms. The second-order valence-electron chi connectivity index (χ2n) is 6.09. The number of hydrogen-bond acceptors (Lipinski definition) is 6. The number of carbonyl (C=O) groups is 1. The van der Waals surface area contributed by atoms with Gasteiger partial charge >= 0.3 is 5.69 Å². The summed E-state index contributed by atoms with van der Waals surface area (Å²) >= 11 is 0. The zero-order chi connectivity index (χ0) is 20.6. The van der Waals surface area contributed by atoms with Gasteiger partial charge < -0.3 is 19.5 Å². The van der Waals surface area contributed by atoms with Gasteiger partial charge in [0.1, 0.15) is 18.1 Å². The third-order valence-corrected chi connectivity index (χ3v) is 4.13. The fourth-order valence-corrected chi connectivity index (χ4v) is 2.72. The Hall–Kier alpha value is -3.81. The van der Waals surface area contributed by atoms with E-state index in [1.807, 2.05) is 42.5 Å². The van der Waals surface area contributed by atoms with Gasteiger partial charge in [-0.1, -0.05) is 30.3 Å². The number of nitrogens with one attached hydrogen (secondary N) is 1. The lowest BCUT2D eigenvalue weighted by Crippen LogP contribution is -2.32. The topological polar surface area (TPSA) is 99.9 Å². The number of nitrogens with zero attached hydrogens (tertiary/aromatic N) is 1. The second kappa shape index (κ2) is 9.41. The van der Waals surface area contributed by atoms with Gasteiger partial charge in [-0.25, -0.2) is 0 Å². The quantitative estimate of drug-likeness (QED) is 0.338. The molecule has 0 aliphatic carbocycles. The molecular formula is C21H20N2O6. The Morgan fingerprint density at radius 1 is 1.00 bits per heavy atom. The third-order valence-electron chi connectivity index (χ3n) is 4.13. The van der Waals surface area contributed by atoms with E-state index in [0.29, 0.717) is 18.9 Å². The maximum absolute atomic E-state index is 11.9. The smallest absolute Gasteiger partial charge is 0.311 e. The predicted molar refractivity (Wildman–Crippen MR) is 108 cm³/mol. The number of nitro groups is 1. The minimum absolute atomic E-state index is 0.0664. The van der Waals surface area contributed by atoms with Gasteiger partial charge in [0.05, 0.1) is 18.6 Å². The minimum atomic E-state index is -0.551. The summed E-state index contributed by atoms with van der Waals surface area (Å²) < 4.78 is 16.0. The summed E-state index contributed by atoms with van der Waals surface area (Å²) in [6, 6.07) is 17.8. The van der Waals surface area contributed by atoms with Crippen molar-refractivity contribution in [3.63, 3.8) is 0 Å². The van der Waals surface area contributed by atoms with Crippen LogP contribution in [0.2, 0.25) is 0 Å². The van der Waals surface area contributed by atoms with Crippen LogP contribution in [-0.4, -0.2) is 37.7 Å². The number of hydrogen-bond donors (Lipinski definition) is 1. The monoisotopic (exact) mass is 396 g/mol. The summed E-state index contributed by atoms with van der Waals surface area (Å²) in [5.41, 5.74) is -0.171. The molecule has 1 amide bonds. The fourth-order valence-electron chi connectivity index (χ4n) is 2.72. The van der Waals surface area contributed by atoms with E-state index in [2.05, 4.69) is 5.32 Å². The van der Waals surface area contributed by atoms with Crippen LogP contribution in [0.4, 0.5) is 5.69 Å². The van der Waals surface area contributed by atoms with Crippen molar-refractivity contribution in [3.8, 4) is 17.2 Å². The van der Waals surface area contributed by atoms with Gasteiger partial charge in [-0.05, 0) is 29.0 Å². The normalized spacial score (nSPS) is 10.4. The van der Waals surface area contributed by atoms with Gasteiger partial charge in [0.25, 0.3) is 5.91 Å². The first kappa shape index (κ1) is 19.9. The number of benzene rings is 3. The van der Waals surface area contributed by atoms with E-state index in [1.165, 1.54) is 25.3 Å². The number of nitro benzene ring substituents is 1. The van der Waals surface area contributed by atoms with Crippen LogP contribution in [0.25, 0.3) is 10.8 Å². The van der Waals surface area contributed by atoms with Gasteiger partial charge in [-0.15, -0.1) is 0 Å². The van der Waals surface area contributed by atoms with Crippen LogP contribution in [0.1, 0.15) is 0 Å². The molecule has 150 valence electrons. The highest BCUT2D eigenvalue weighted by Crippen LogP contribution is 2.30. The van der Waals surface area contributed by atoms with Crippen LogP contribution in [0.15, 0.2) is 60.7 Å². The number of fused-ring (bicyclic) bond motifs is 1. The molecule has 29 heavy (non-hydrogen) atoms. The van der Waals surface area contributed by atoms with Crippen molar-refractivity contribution in [1.29, 1.82) is 0 Å². The van der Waals surface area contributed by atoms with Crippen LogP contribution in [0.3, 0.4) is 0 Å². The Morgan fingerprint density at radius 2 is 1.72 bits per heavy atom. The highest BCUT2D eigenvalue weighted by Gasteiger charge is 2.15. The summed E-state index contributed by atoms with van der Waals surface area (Å²) in [7, 11) is 1.33. The molecule has 3 rings (SSSR count). The van der Waals surface area contributed by atoms with Crippen molar-refractivity contribution in [2.24, 2.45) is 0 Å². The molecule has 0 atom stereocenters. The average molecular weight is 396 g/mol. The van der Waals surface area contributed by atoms with Gasteiger partial charge in [-0.2, -0.15) is 0 Å². The summed E-state index contributed by atoms with van der Waals surface area (Å²) in [6.07, 6.45) is 0. The Labute approximate surface area is 167 Å². The van der Waals surface area contributed by atoms with E-state index in [1.54, 1.807) is 0 Å². The second-order valence-corrected chi connectivity index (χ2v) is 6.09. The lowest BCUT2D eigenvalue weighted by atomic mass is 10.1. The lowest BCUT2D eigenvalue weighted by molar-refractivity contribution is -0.385. The molecule has 3 aromatic rings. The van der Waals surface area contributed by atoms with E-state index in [4.69, 9.17) is 14.2 Å². The maximum atomic E-state index is 11.9. The number of rotatable bonds is 9. The first-order valence-corrected chi connectivity index (χ1v) is 8.90. The number of methoxy groups -OCH3 is 1. The Kier molecular flexibility index (Phi) is 6.47. The number of carbonyl (C=O) groups excluding carboxylic acids is 1. The van der Waals surface area contributed by atoms with E-state index in [0.717, 1.165) is 16.5 Å². The summed E-state index contributed by atoms with van der Waals surface area (Å²) in [5.74, 6) is 0.767. The molecule has 0 aliphatic heterocycles. The SMILES string of the molecule is COc1cc(OCC(=O)NCCOc2ccc3ccccc3c2)ccc1[N+](=O)[O-]. The van der Waals surface area contributed by atoms with Gasteiger partial charge in [0.2, 0.25) is 5.75 Å². The van der Waals surface area contributed by atoms with Crippen LogP contribution in [-0.2, 0) is 4.79 Å². The number of ether oxygens (including phenoxy) is 3. The van der Waals surface area contributed by atoms with Gasteiger partial charge in [-0.3, -0.25) is 14.9 Å². The molecule has 0 aromatic heterocycles. The minimum Gasteiger partial charge on any atom is -0.492 e. The van der Waals surface area contributed by atoms with Crippen molar-refractivity contribution in [2.75, 3.05) is 26.9 Å². The van der Waals surface area contributed by atoms with Crippen LogP contribution in [0.5, 0.6) is 17.2 Å². The largest absolute Gasteiger partial charge is 0.492 e. The van der Waals surface area contributed by atoms with E-state index >= 15 is 0 Å². The molecule has 0 saturated carbocycles. The highest BCUT2D eigenvalue weighted by molar-refractivity contribution is 5.83. The van der Waals surface area contributed by atoms with Crippen LogP contribution in [0, 0.1) is 10.1 Å². The fraction of sp³-hybridized carbons (Fsp3) is 0.190. The highest BCUT2D eigenvalue weighted by atomic mass is 16.6. The Morgan fingerprint density at radius 3 is 2.48 bits per heavy atom. The molecule has 0 spiro atoms. The first-order chi connectivity index (χ1) is 14.1. The zero-order valence-corrected chi connectivity index (χ0v) is 15.8. The van der Waals surface area contributed by atoms with Crippen molar-refractivity contribution in [3.05, 3.63) is 70.8 Å². The van der Waals surface area contributed by atoms with Crippen molar-refractivity contribution in [2.45, 2.75) is 0 Å². The molecule has 0 radical (unpaired) electrons. The standard InChI is InChI=1S/C21H20N2O6/c1-27-20-13-18(8-9-19(20)23(25)26)29-14-21(24)22-10-11-28-17-7-6-15-4-2-3-5-16(15)12-17/h2-9,12-13H,10-11,14H2,1H3,(H,22,24). The molecule has 0 aliphatic rings. The van der Waals surface area contributed by atoms with Crippen molar-refractivity contribution < 1.29 is 23.9 Å². The van der Waals surface area contributed by atoms with E-state index in [9.17, 15) is 14.9 Å². The maximum Gasteiger partial charge on any atom is 0.311 e. The third kappa shape index (κ3) is 5.35.